The van der Waals surface area contributed by atoms with Gasteiger partial charge in [0.15, 0.2) is 0 Å². The van der Waals surface area contributed by atoms with Crippen LogP contribution in [0.25, 0.3) is 11.3 Å². The van der Waals surface area contributed by atoms with Gasteiger partial charge in [0.2, 0.25) is 0 Å². The third kappa shape index (κ3) is 3.75. The highest BCUT2D eigenvalue weighted by Crippen LogP contribution is 2.32. The Bertz CT molecular complexity index is 1070. The fraction of sp³-hybridized carbons (Fsp3) is 0.238. The van der Waals surface area contributed by atoms with Gasteiger partial charge >= 0.3 is 0 Å². The van der Waals surface area contributed by atoms with Gasteiger partial charge in [0.25, 0.3) is 5.91 Å². The van der Waals surface area contributed by atoms with Crippen LogP contribution in [0.3, 0.4) is 0 Å². The maximum Gasteiger partial charge on any atom is 0.255 e. The molecule has 1 amide bonds. The number of amides is 1. The number of aromatic nitrogens is 2. The van der Waals surface area contributed by atoms with Crippen molar-refractivity contribution in [3.63, 3.8) is 0 Å². The van der Waals surface area contributed by atoms with Crippen molar-refractivity contribution in [2.75, 3.05) is 13.2 Å². The molecule has 0 aliphatic carbocycles. The Morgan fingerprint density at radius 1 is 1.28 bits per heavy atom. The SMILES string of the molecule is Cc1c(F)ccc(F)c1-c1[nH]ncc1C(=O)N[C@@H](c1cccc(Cl)c1)C1COC1. The number of nitrogens with one attached hydrogen (secondary N) is 2. The summed E-state index contributed by atoms with van der Waals surface area (Å²) in [7, 11) is 0. The standard InChI is InChI=1S/C21H18ClF2N3O2/c1-11-16(23)5-6-17(24)18(11)20-15(8-25-27-20)21(28)26-19(13-9-29-10-13)12-3-2-4-14(22)7-12/h2-8,13,19H,9-10H2,1H3,(H,25,27)(H,26,28)/t19-/m0/s1. The van der Waals surface area contributed by atoms with E-state index in [1.807, 2.05) is 12.1 Å². The molecule has 0 saturated carbocycles. The van der Waals surface area contributed by atoms with Gasteiger partial charge in [-0.1, -0.05) is 23.7 Å². The molecule has 150 valence electrons. The Morgan fingerprint density at radius 2 is 2.03 bits per heavy atom. The van der Waals surface area contributed by atoms with Crippen molar-refractivity contribution >= 4 is 17.5 Å². The summed E-state index contributed by atoms with van der Waals surface area (Å²) in [4.78, 5) is 13.1. The summed E-state index contributed by atoms with van der Waals surface area (Å²) in [5.41, 5.74) is 1.19. The molecule has 2 N–H and O–H groups in total. The van der Waals surface area contributed by atoms with Crippen LogP contribution < -0.4 is 5.32 Å². The molecule has 1 saturated heterocycles. The molecule has 8 heteroatoms. The highest BCUT2D eigenvalue weighted by molar-refractivity contribution is 6.30. The summed E-state index contributed by atoms with van der Waals surface area (Å²) >= 11 is 6.11. The van der Waals surface area contributed by atoms with E-state index in [2.05, 4.69) is 15.5 Å². The first-order valence-corrected chi connectivity index (χ1v) is 9.46. The average molecular weight is 418 g/mol. The van der Waals surface area contributed by atoms with Crippen molar-refractivity contribution in [1.82, 2.24) is 15.5 Å². The average Bonchev–Trinajstić information content (AvgIpc) is 3.12. The number of carbonyl (C=O) groups is 1. The number of benzene rings is 2. The van der Waals surface area contributed by atoms with Gasteiger partial charge in [-0.05, 0) is 42.3 Å². The van der Waals surface area contributed by atoms with Gasteiger partial charge in [0.1, 0.15) is 11.6 Å². The van der Waals surface area contributed by atoms with Crippen LogP contribution in [0.4, 0.5) is 8.78 Å². The molecule has 3 aromatic rings. The van der Waals surface area contributed by atoms with E-state index >= 15 is 0 Å². The number of hydrogen-bond acceptors (Lipinski definition) is 3. The molecule has 4 rings (SSSR count). The summed E-state index contributed by atoms with van der Waals surface area (Å²) in [5.74, 6) is -1.57. The Morgan fingerprint density at radius 3 is 2.72 bits per heavy atom. The van der Waals surface area contributed by atoms with Crippen molar-refractivity contribution in [3.8, 4) is 11.3 Å². The normalized spacial score (nSPS) is 15.0. The van der Waals surface area contributed by atoms with Crippen LogP contribution in [0.5, 0.6) is 0 Å². The van der Waals surface area contributed by atoms with Crippen LogP contribution >= 0.6 is 11.6 Å². The van der Waals surface area contributed by atoms with Crippen molar-refractivity contribution in [1.29, 1.82) is 0 Å². The van der Waals surface area contributed by atoms with Gasteiger partial charge in [-0.25, -0.2) is 8.78 Å². The minimum Gasteiger partial charge on any atom is -0.381 e. The number of aromatic amines is 1. The molecule has 1 aromatic heterocycles. The summed E-state index contributed by atoms with van der Waals surface area (Å²) < 4.78 is 33.7. The zero-order valence-corrected chi connectivity index (χ0v) is 16.3. The molecule has 5 nitrogen and oxygen atoms in total. The van der Waals surface area contributed by atoms with E-state index in [-0.39, 0.29) is 34.3 Å². The largest absolute Gasteiger partial charge is 0.381 e. The van der Waals surface area contributed by atoms with Gasteiger partial charge in [-0.15, -0.1) is 0 Å². The highest BCUT2D eigenvalue weighted by atomic mass is 35.5. The maximum atomic E-state index is 14.4. The first kappa shape index (κ1) is 19.5. The van der Waals surface area contributed by atoms with Gasteiger partial charge in [0.05, 0.1) is 36.7 Å². The van der Waals surface area contributed by atoms with Crippen molar-refractivity contribution < 1.29 is 18.3 Å². The zero-order valence-electron chi connectivity index (χ0n) is 15.5. The predicted molar refractivity (Wildman–Crippen MR) is 105 cm³/mol. The first-order chi connectivity index (χ1) is 14.0. The number of carbonyl (C=O) groups excluding carboxylic acids is 1. The van der Waals surface area contributed by atoms with Gasteiger partial charge in [-0.3, -0.25) is 9.89 Å². The molecule has 0 spiro atoms. The molecule has 2 heterocycles. The van der Waals surface area contributed by atoms with Crippen LogP contribution in [0.1, 0.15) is 27.5 Å². The lowest BCUT2D eigenvalue weighted by Crippen LogP contribution is -2.42. The molecule has 29 heavy (non-hydrogen) atoms. The molecule has 1 aliphatic rings. The number of nitrogens with zero attached hydrogens (tertiary/aromatic N) is 1. The lowest BCUT2D eigenvalue weighted by molar-refractivity contribution is -0.0489. The van der Waals surface area contributed by atoms with E-state index in [0.29, 0.717) is 18.2 Å². The molecule has 1 fully saturated rings. The van der Waals surface area contributed by atoms with E-state index in [4.69, 9.17) is 16.3 Å². The van der Waals surface area contributed by atoms with Gasteiger partial charge in [0, 0.05) is 16.5 Å². The molecular formula is C21H18ClF2N3O2. The second-order valence-corrected chi connectivity index (χ2v) is 7.43. The summed E-state index contributed by atoms with van der Waals surface area (Å²) in [6.45, 7) is 2.47. The lowest BCUT2D eigenvalue weighted by atomic mass is 9.91. The molecule has 0 radical (unpaired) electrons. The number of halogens is 3. The molecule has 1 aliphatic heterocycles. The fourth-order valence-corrected chi connectivity index (χ4v) is 3.65. The minimum atomic E-state index is -0.638. The lowest BCUT2D eigenvalue weighted by Gasteiger charge is -2.34. The fourth-order valence-electron chi connectivity index (χ4n) is 3.45. The molecule has 2 aromatic carbocycles. The van der Waals surface area contributed by atoms with E-state index in [0.717, 1.165) is 17.7 Å². The van der Waals surface area contributed by atoms with Crippen LogP contribution in [0.2, 0.25) is 5.02 Å². The number of H-pyrrole nitrogens is 1. The quantitative estimate of drug-likeness (QED) is 0.645. The summed E-state index contributed by atoms with van der Waals surface area (Å²) in [6, 6.07) is 8.97. The number of ether oxygens (including phenoxy) is 1. The van der Waals surface area contributed by atoms with E-state index in [1.54, 1.807) is 12.1 Å². The smallest absolute Gasteiger partial charge is 0.255 e. The Kier molecular flexibility index (Phi) is 5.34. The van der Waals surface area contributed by atoms with E-state index < -0.39 is 17.5 Å². The number of hydrogen-bond donors (Lipinski definition) is 2. The molecule has 1 atom stereocenters. The zero-order chi connectivity index (χ0) is 20.5. The Labute approximate surface area is 171 Å². The van der Waals surface area contributed by atoms with Gasteiger partial charge in [-0.2, -0.15) is 5.10 Å². The maximum absolute atomic E-state index is 14.4. The van der Waals surface area contributed by atoms with E-state index in [9.17, 15) is 13.6 Å². The third-order valence-electron chi connectivity index (χ3n) is 5.11. The third-order valence-corrected chi connectivity index (χ3v) is 5.35. The van der Waals surface area contributed by atoms with Crippen molar-refractivity contribution in [2.45, 2.75) is 13.0 Å². The minimum absolute atomic E-state index is 0.0149. The topological polar surface area (TPSA) is 67.0 Å². The Balaban J connectivity index is 1.67. The van der Waals surface area contributed by atoms with Crippen LogP contribution in [-0.2, 0) is 4.74 Å². The summed E-state index contributed by atoms with van der Waals surface area (Å²) in [6.07, 6.45) is 1.31. The van der Waals surface area contributed by atoms with E-state index in [1.165, 1.54) is 13.1 Å². The second kappa shape index (κ2) is 7.93. The Hall–Kier alpha value is -2.77. The van der Waals surface area contributed by atoms with Crippen molar-refractivity contribution in [3.05, 3.63) is 75.9 Å². The molecular weight excluding hydrogens is 400 g/mol. The molecule has 0 bridgehead atoms. The predicted octanol–water partition coefficient (Wildman–Crippen LogP) is 4.43. The van der Waals surface area contributed by atoms with Crippen molar-refractivity contribution in [2.24, 2.45) is 5.92 Å². The summed E-state index contributed by atoms with van der Waals surface area (Å²) in [5, 5.41) is 10.0. The highest BCUT2D eigenvalue weighted by Gasteiger charge is 2.32. The van der Waals surface area contributed by atoms with Crippen LogP contribution in [-0.4, -0.2) is 29.3 Å². The monoisotopic (exact) mass is 417 g/mol. The second-order valence-electron chi connectivity index (χ2n) is 6.99. The van der Waals surface area contributed by atoms with Crippen LogP contribution in [0.15, 0.2) is 42.6 Å². The first-order valence-electron chi connectivity index (χ1n) is 9.08. The van der Waals surface area contributed by atoms with Crippen LogP contribution in [0, 0.1) is 24.5 Å². The molecule has 0 unspecified atom stereocenters. The number of rotatable bonds is 5. The van der Waals surface area contributed by atoms with Gasteiger partial charge < -0.3 is 10.1 Å².